The highest BCUT2D eigenvalue weighted by atomic mass is 32.2. The summed E-state index contributed by atoms with van der Waals surface area (Å²) in [5.74, 6) is 1.31. The van der Waals surface area contributed by atoms with Crippen LogP contribution in [-0.4, -0.2) is 46.2 Å². The van der Waals surface area contributed by atoms with Crippen LogP contribution in [0.1, 0.15) is 73.2 Å². The molecule has 5 rings (SSSR count). The van der Waals surface area contributed by atoms with Crippen molar-refractivity contribution in [2.24, 2.45) is 0 Å². The van der Waals surface area contributed by atoms with Crippen LogP contribution in [0.5, 0.6) is 0 Å². The Kier molecular flexibility index (Phi) is 14.3. The van der Waals surface area contributed by atoms with Crippen LogP contribution in [0.4, 0.5) is 11.4 Å². The number of para-hydroxylation sites is 2. The molecule has 1 heterocycles. The van der Waals surface area contributed by atoms with Crippen molar-refractivity contribution in [3.05, 3.63) is 119 Å². The third-order valence-corrected chi connectivity index (χ3v) is 9.76. The second kappa shape index (κ2) is 19.3. The van der Waals surface area contributed by atoms with Crippen LogP contribution in [0.3, 0.4) is 0 Å². The third-order valence-electron chi connectivity index (χ3n) is 8.68. The molecule has 9 nitrogen and oxygen atoms in total. The molecule has 2 amide bonds. The molecule has 6 N–H and O–H groups in total. The van der Waals surface area contributed by atoms with E-state index < -0.39 is 6.29 Å². The quantitative estimate of drug-likeness (QED) is 0.0592. The van der Waals surface area contributed by atoms with Gasteiger partial charge < -0.3 is 36.1 Å². The maximum Gasteiger partial charge on any atom is 0.224 e. The summed E-state index contributed by atoms with van der Waals surface area (Å²) in [5, 5.41) is 24.6. The first-order valence-corrected chi connectivity index (χ1v) is 18.4. The number of unbranched alkanes of at least 4 members (excludes halogenated alkanes) is 2. The van der Waals surface area contributed by atoms with Gasteiger partial charge in [-0.2, -0.15) is 11.8 Å². The number of nitrogens with two attached hydrogens (primary N) is 1. The number of anilines is 2. The number of benzene rings is 4. The van der Waals surface area contributed by atoms with Gasteiger partial charge in [-0.25, -0.2) is 0 Å². The van der Waals surface area contributed by atoms with Gasteiger partial charge in [0, 0.05) is 42.9 Å². The molecular formula is C40H47N3O6S. The third kappa shape index (κ3) is 10.9. The molecule has 1 aliphatic rings. The first kappa shape index (κ1) is 37.1. The number of nitrogens with one attached hydrogen (secondary N) is 2. The van der Waals surface area contributed by atoms with Crippen molar-refractivity contribution >= 4 is 35.0 Å². The number of rotatable bonds is 17. The van der Waals surface area contributed by atoms with Crippen LogP contribution in [-0.2, 0) is 32.2 Å². The summed E-state index contributed by atoms with van der Waals surface area (Å²) in [6.45, 7) is 0.537. The average Bonchev–Trinajstić information content (AvgIpc) is 3.15. The topological polar surface area (TPSA) is 143 Å². The van der Waals surface area contributed by atoms with E-state index in [-0.39, 0.29) is 37.2 Å². The van der Waals surface area contributed by atoms with Gasteiger partial charge in [0.1, 0.15) is 0 Å². The number of aliphatic hydroxyl groups excluding tert-OH is 2. The minimum Gasteiger partial charge on any atom is -0.397 e. The number of aliphatic hydroxyl groups is 2. The fourth-order valence-electron chi connectivity index (χ4n) is 5.93. The number of hydrogen-bond acceptors (Lipinski definition) is 8. The lowest BCUT2D eigenvalue weighted by molar-refractivity contribution is -0.245. The Hall–Kier alpha value is -4.19. The number of ether oxygens (including phenoxy) is 2. The first-order chi connectivity index (χ1) is 24.4. The molecule has 1 fully saturated rings. The number of amides is 2. The van der Waals surface area contributed by atoms with Crippen molar-refractivity contribution in [1.29, 1.82) is 0 Å². The summed E-state index contributed by atoms with van der Waals surface area (Å²) in [6.07, 6.45) is 2.91. The fourth-order valence-corrected chi connectivity index (χ4v) is 6.70. The molecule has 10 heteroatoms. The largest absolute Gasteiger partial charge is 0.397 e. The van der Waals surface area contributed by atoms with Crippen molar-refractivity contribution in [3.63, 3.8) is 0 Å². The van der Waals surface area contributed by atoms with Gasteiger partial charge in [0.15, 0.2) is 6.29 Å². The summed E-state index contributed by atoms with van der Waals surface area (Å²) < 4.78 is 12.9. The Balaban J connectivity index is 1.13. The zero-order valence-electron chi connectivity index (χ0n) is 28.3. The van der Waals surface area contributed by atoms with E-state index in [1.54, 1.807) is 23.9 Å². The minimum atomic E-state index is -0.549. The highest BCUT2D eigenvalue weighted by Crippen LogP contribution is 2.39. The molecule has 0 aliphatic carbocycles. The van der Waals surface area contributed by atoms with Gasteiger partial charge in [-0.05, 0) is 52.8 Å². The zero-order chi connectivity index (χ0) is 35.1. The van der Waals surface area contributed by atoms with Crippen LogP contribution >= 0.6 is 11.8 Å². The molecule has 0 aromatic heterocycles. The van der Waals surface area contributed by atoms with Crippen molar-refractivity contribution in [2.75, 3.05) is 29.2 Å². The van der Waals surface area contributed by atoms with Gasteiger partial charge in [-0.15, -0.1) is 0 Å². The van der Waals surface area contributed by atoms with E-state index in [1.807, 2.05) is 66.7 Å². The molecule has 50 heavy (non-hydrogen) atoms. The van der Waals surface area contributed by atoms with E-state index >= 15 is 0 Å². The van der Waals surface area contributed by atoms with Crippen LogP contribution in [0.15, 0.2) is 97.1 Å². The molecule has 0 radical (unpaired) electrons. The molecule has 4 aromatic rings. The van der Waals surface area contributed by atoms with E-state index in [1.165, 1.54) is 0 Å². The summed E-state index contributed by atoms with van der Waals surface area (Å²) in [5.41, 5.74) is 12.9. The van der Waals surface area contributed by atoms with Crippen LogP contribution in [0, 0.1) is 0 Å². The summed E-state index contributed by atoms with van der Waals surface area (Å²) in [7, 11) is 0. The number of carbonyl (C=O) groups is 2. The van der Waals surface area contributed by atoms with E-state index in [4.69, 9.17) is 15.2 Å². The predicted octanol–water partition coefficient (Wildman–Crippen LogP) is 6.90. The molecule has 3 atom stereocenters. The zero-order valence-corrected chi connectivity index (χ0v) is 29.1. The van der Waals surface area contributed by atoms with Gasteiger partial charge in [0.2, 0.25) is 11.8 Å². The lowest BCUT2D eigenvalue weighted by atomic mass is 9.97. The number of carbonyl (C=O) groups excluding carboxylic acids is 2. The van der Waals surface area contributed by atoms with E-state index in [0.29, 0.717) is 55.8 Å². The standard InChI is InChI=1S/C40H47N3O6S/c41-35-10-6-7-11-36(35)43-39(47)13-3-1-2-12-38(46)42-25-32-8-4-5-9-34(32)29-18-20-31(21-19-29)40-48-33(27-50-23-22-44)24-37(49-40)30-16-14-28(26-45)15-17-30/h4-11,14-21,33,37,40,44-45H,1-3,12-13,22-27,41H2,(H,42,46)(H,43,47)/t33-,37+,40+/m1/s1. The van der Waals surface area contributed by atoms with Crippen LogP contribution in [0.2, 0.25) is 0 Å². The highest BCUT2D eigenvalue weighted by Gasteiger charge is 2.32. The predicted molar refractivity (Wildman–Crippen MR) is 199 cm³/mol. The van der Waals surface area contributed by atoms with Crippen LogP contribution in [0.25, 0.3) is 11.1 Å². The van der Waals surface area contributed by atoms with Crippen molar-refractivity contribution < 1.29 is 29.3 Å². The van der Waals surface area contributed by atoms with Gasteiger partial charge >= 0.3 is 0 Å². The summed E-state index contributed by atoms with van der Waals surface area (Å²) in [4.78, 5) is 24.9. The van der Waals surface area contributed by atoms with E-state index in [9.17, 15) is 19.8 Å². The van der Waals surface area contributed by atoms with Gasteiger partial charge in [0.25, 0.3) is 0 Å². The number of thioether (sulfide) groups is 1. The highest BCUT2D eigenvalue weighted by molar-refractivity contribution is 7.99. The number of nitrogen functional groups attached to an aromatic ring is 1. The van der Waals surface area contributed by atoms with Crippen molar-refractivity contribution in [3.8, 4) is 11.1 Å². The smallest absolute Gasteiger partial charge is 0.224 e. The molecule has 0 unspecified atom stereocenters. The maximum absolute atomic E-state index is 12.7. The Morgan fingerprint density at radius 2 is 1.50 bits per heavy atom. The Bertz CT molecular complexity index is 1670. The van der Waals surface area contributed by atoms with Gasteiger partial charge in [-0.3, -0.25) is 9.59 Å². The second-order valence-corrected chi connectivity index (χ2v) is 13.6. The molecule has 4 aromatic carbocycles. The number of hydrogen-bond donors (Lipinski definition) is 5. The maximum atomic E-state index is 12.7. The molecule has 0 spiro atoms. The lowest BCUT2D eigenvalue weighted by Gasteiger charge is -2.36. The molecule has 264 valence electrons. The Morgan fingerprint density at radius 1 is 0.800 bits per heavy atom. The first-order valence-electron chi connectivity index (χ1n) is 17.2. The summed E-state index contributed by atoms with van der Waals surface area (Å²) >= 11 is 1.66. The van der Waals surface area contributed by atoms with Gasteiger partial charge in [0.05, 0.1) is 36.8 Å². The Morgan fingerprint density at radius 3 is 2.24 bits per heavy atom. The lowest BCUT2D eigenvalue weighted by Crippen LogP contribution is -2.31. The molecule has 0 bridgehead atoms. The van der Waals surface area contributed by atoms with Crippen LogP contribution < -0.4 is 16.4 Å². The molecular weight excluding hydrogens is 651 g/mol. The van der Waals surface area contributed by atoms with E-state index in [0.717, 1.165) is 45.6 Å². The van der Waals surface area contributed by atoms with E-state index in [2.05, 4.69) is 28.8 Å². The normalized spacial score (nSPS) is 17.3. The molecule has 1 saturated heterocycles. The summed E-state index contributed by atoms with van der Waals surface area (Å²) in [6, 6.07) is 31.2. The monoisotopic (exact) mass is 697 g/mol. The molecule has 0 saturated carbocycles. The van der Waals surface area contributed by atoms with Gasteiger partial charge in [-0.1, -0.05) is 91.3 Å². The average molecular weight is 698 g/mol. The Labute approximate surface area is 298 Å². The SMILES string of the molecule is Nc1ccccc1NC(=O)CCCCCC(=O)NCc1ccccc1-c1ccc([C@H]2O[C@@H](CSCCO)C[C@@H](c3ccc(CO)cc3)O2)cc1. The van der Waals surface area contributed by atoms with Crippen molar-refractivity contribution in [1.82, 2.24) is 5.32 Å². The minimum absolute atomic E-state index is 0.00459. The molecule has 1 aliphatic heterocycles. The second-order valence-electron chi connectivity index (χ2n) is 12.4. The van der Waals surface area contributed by atoms with Crippen molar-refractivity contribution in [2.45, 2.75) is 70.2 Å². The fraction of sp³-hybridized carbons (Fsp3) is 0.350.